The fourth-order valence-electron chi connectivity index (χ4n) is 5.87. The van der Waals surface area contributed by atoms with Crippen LogP contribution >= 0.6 is 0 Å². The molecule has 2 amide bonds. The molecular weight excluding hydrogens is 546 g/mol. The summed E-state index contributed by atoms with van der Waals surface area (Å²) in [6.45, 7) is 6.71. The van der Waals surface area contributed by atoms with Gasteiger partial charge in [-0.05, 0) is 81.8 Å². The summed E-state index contributed by atoms with van der Waals surface area (Å²) < 4.78 is 21.7. The largest absolute Gasteiger partial charge is 0.497 e. The molecule has 2 aliphatic rings. The number of nitrogens with zero attached hydrogens (tertiary/aromatic N) is 2. The molecule has 1 saturated carbocycles. The van der Waals surface area contributed by atoms with Crippen molar-refractivity contribution in [2.45, 2.75) is 83.0 Å². The van der Waals surface area contributed by atoms with Crippen LogP contribution in [0, 0.1) is 0 Å². The average Bonchev–Trinajstić information content (AvgIpc) is 3.86. The lowest BCUT2D eigenvalue weighted by Crippen LogP contribution is -2.54. The molecule has 43 heavy (non-hydrogen) atoms. The molecule has 9 nitrogen and oxygen atoms in total. The zero-order valence-corrected chi connectivity index (χ0v) is 26.5. The molecule has 2 fully saturated rings. The highest BCUT2D eigenvalue weighted by Crippen LogP contribution is 2.31. The Morgan fingerprint density at radius 3 is 2.26 bits per heavy atom. The molecule has 1 heterocycles. The van der Waals surface area contributed by atoms with Crippen molar-refractivity contribution in [1.82, 2.24) is 15.1 Å². The third-order valence-electron chi connectivity index (χ3n) is 8.38. The van der Waals surface area contributed by atoms with E-state index in [2.05, 4.69) is 24.1 Å². The number of piperidine rings is 1. The highest BCUT2D eigenvalue weighted by Gasteiger charge is 2.34. The monoisotopic (exact) mass is 595 g/mol. The molecular formula is C34H49N3O6. The van der Waals surface area contributed by atoms with Crippen LogP contribution in [0.15, 0.2) is 42.5 Å². The Morgan fingerprint density at radius 1 is 0.907 bits per heavy atom. The minimum Gasteiger partial charge on any atom is -0.497 e. The first-order valence-corrected chi connectivity index (χ1v) is 15.6. The molecule has 0 bridgehead atoms. The van der Waals surface area contributed by atoms with Gasteiger partial charge in [0.2, 0.25) is 5.91 Å². The Morgan fingerprint density at radius 2 is 1.65 bits per heavy atom. The lowest BCUT2D eigenvalue weighted by molar-refractivity contribution is -0.131. The molecule has 1 aliphatic heterocycles. The minimum atomic E-state index is -0.00585. The number of carbonyl (C=O) groups is 2. The van der Waals surface area contributed by atoms with E-state index in [-0.39, 0.29) is 23.9 Å². The second kappa shape index (κ2) is 16.0. The van der Waals surface area contributed by atoms with Gasteiger partial charge in [-0.1, -0.05) is 12.1 Å². The van der Waals surface area contributed by atoms with E-state index in [9.17, 15) is 9.59 Å². The molecule has 0 aromatic heterocycles. The van der Waals surface area contributed by atoms with Crippen molar-refractivity contribution in [2.24, 2.45) is 0 Å². The van der Waals surface area contributed by atoms with Gasteiger partial charge in [-0.25, -0.2) is 0 Å². The van der Waals surface area contributed by atoms with Gasteiger partial charge in [0.25, 0.3) is 5.91 Å². The number of ether oxygens (including phenoxy) is 4. The van der Waals surface area contributed by atoms with Crippen molar-refractivity contribution in [3.05, 3.63) is 53.6 Å². The fraction of sp³-hybridized carbons (Fsp3) is 0.588. The van der Waals surface area contributed by atoms with Crippen molar-refractivity contribution in [2.75, 3.05) is 47.6 Å². The van der Waals surface area contributed by atoms with Gasteiger partial charge in [-0.3, -0.25) is 9.59 Å². The maximum absolute atomic E-state index is 13.8. The summed E-state index contributed by atoms with van der Waals surface area (Å²) in [6.07, 6.45) is 6.13. The highest BCUT2D eigenvalue weighted by atomic mass is 16.5. The van der Waals surface area contributed by atoms with Gasteiger partial charge < -0.3 is 34.1 Å². The Labute approximate surface area is 256 Å². The van der Waals surface area contributed by atoms with Crippen LogP contribution in [0.4, 0.5) is 0 Å². The first-order valence-electron chi connectivity index (χ1n) is 15.6. The molecule has 2 aromatic carbocycles. The van der Waals surface area contributed by atoms with Crippen LogP contribution in [0.2, 0.25) is 0 Å². The second-order valence-corrected chi connectivity index (χ2v) is 11.8. The Balaban J connectivity index is 1.31. The van der Waals surface area contributed by atoms with E-state index >= 15 is 0 Å². The number of hydrogen-bond donors (Lipinski definition) is 1. The number of carbonyl (C=O) groups excluding carboxylic acids is 2. The molecule has 1 N–H and O–H groups in total. The smallest absolute Gasteiger partial charge is 0.254 e. The van der Waals surface area contributed by atoms with E-state index in [4.69, 9.17) is 18.9 Å². The summed E-state index contributed by atoms with van der Waals surface area (Å²) in [6, 6.07) is 14.0. The number of benzene rings is 2. The van der Waals surface area contributed by atoms with E-state index in [1.807, 2.05) is 35.2 Å². The van der Waals surface area contributed by atoms with Crippen LogP contribution in [-0.4, -0.2) is 93.4 Å². The summed E-state index contributed by atoms with van der Waals surface area (Å²) >= 11 is 0. The van der Waals surface area contributed by atoms with Crippen LogP contribution in [0.5, 0.6) is 17.2 Å². The van der Waals surface area contributed by atoms with Gasteiger partial charge in [0.1, 0.15) is 5.75 Å². The molecule has 2 unspecified atom stereocenters. The van der Waals surface area contributed by atoms with Crippen molar-refractivity contribution in [3.8, 4) is 17.2 Å². The first kappa shape index (κ1) is 32.6. The fourth-order valence-corrected chi connectivity index (χ4v) is 5.87. The van der Waals surface area contributed by atoms with Crippen LogP contribution in [-0.2, 0) is 16.0 Å². The van der Waals surface area contributed by atoms with E-state index < -0.39 is 0 Å². The Kier molecular flexibility index (Phi) is 12.1. The maximum Gasteiger partial charge on any atom is 0.254 e. The molecule has 4 rings (SSSR count). The molecule has 236 valence electrons. The predicted octanol–water partition coefficient (Wildman–Crippen LogP) is 4.71. The zero-order chi connectivity index (χ0) is 30.8. The number of rotatable bonds is 16. The molecule has 0 radical (unpaired) electrons. The standard InChI is InChI=1S/C34H49N3O6/c1-24(2)37(34(39)26-9-16-31(42-5)32(22-26)43-20-6-19-40-3)29-11-10-27(35-23-29)17-18-36(28-12-13-28)33(38)21-25-7-14-30(41-4)15-8-25/h7-9,14-16,22,24,27-29,35H,6,10-13,17-21,23H2,1-5H3. The van der Waals surface area contributed by atoms with Crippen molar-refractivity contribution >= 4 is 11.8 Å². The number of amides is 2. The molecule has 1 saturated heterocycles. The topological polar surface area (TPSA) is 89.6 Å². The number of hydrogen-bond acceptors (Lipinski definition) is 7. The van der Waals surface area contributed by atoms with Crippen molar-refractivity contribution in [1.29, 1.82) is 0 Å². The quantitative estimate of drug-likeness (QED) is 0.281. The van der Waals surface area contributed by atoms with Gasteiger partial charge in [-0.2, -0.15) is 0 Å². The third kappa shape index (κ3) is 9.10. The van der Waals surface area contributed by atoms with E-state index in [1.165, 1.54) is 0 Å². The Hall–Kier alpha value is -3.30. The lowest BCUT2D eigenvalue weighted by Gasteiger charge is -2.40. The van der Waals surface area contributed by atoms with E-state index in [0.29, 0.717) is 48.8 Å². The van der Waals surface area contributed by atoms with E-state index in [0.717, 1.165) is 62.9 Å². The molecule has 0 spiro atoms. The lowest BCUT2D eigenvalue weighted by atomic mass is 9.95. The first-order chi connectivity index (χ1) is 20.8. The number of nitrogens with one attached hydrogen (secondary N) is 1. The third-order valence-corrected chi connectivity index (χ3v) is 8.38. The minimum absolute atomic E-state index is 0.00585. The van der Waals surface area contributed by atoms with Crippen molar-refractivity contribution in [3.63, 3.8) is 0 Å². The normalized spacial score (nSPS) is 18.3. The van der Waals surface area contributed by atoms with Crippen LogP contribution < -0.4 is 19.5 Å². The van der Waals surface area contributed by atoms with Gasteiger partial charge >= 0.3 is 0 Å². The predicted molar refractivity (Wildman–Crippen MR) is 167 cm³/mol. The summed E-state index contributed by atoms with van der Waals surface area (Å²) in [5, 5.41) is 3.69. The van der Waals surface area contributed by atoms with E-state index in [1.54, 1.807) is 33.5 Å². The van der Waals surface area contributed by atoms with Gasteiger partial charge in [0, 0.05) is 63.0 Å². The second-order valence-electron chi connectivity index (χ2n) is 11.8. The van der Waals surface area contributed by atoms with Gasteiger partial charge in [0.15, 0.2) is 11.5 Å². The number of methoxy groups -OCH3 is 3. The maximum atomic E-state index is 13.8. The SMILES string of the molecule is COCCCOc1cc(C(=O)N(C(C)C)C2CCC(CCN(C(=O)Cc3ccc(OC)cc3)C3CC3)NC2)ccc1OC. The summed E-state index contributed by atoms with van der Waals surface area (Å²) in [5.41, 5.74) is 1.60. The van der Waals surface area contributed by atoms with Crippen LogP contribution in [0.1, 0.15) is 68.3 Å². The highest BCUT2D eigenvalue weighted by molar-refractivity contribution is 5.95. The van der Waals surface area contributed by atoms with Gasteiger partial charge in [-0.15, -0.1) is 0 Å². The summed E-state index contributed by atoms with van der Waals surface area (Å²) in [4.78, 5) is 31.1. The Bertz CT molecular complexity index is 1180. The molecule has 2 aromatic rings. The summed E-state index contributed by atoms with van der Waals surface area (Å²) in [5.74, 6) is 2.16. The van der Waals surface area contributed by atoms with Crippen molar-refractivity contribution < 1.29 is 28.5 Å². The summed E-state index contributed by atoms with van der Waals surface area (Å²) in [7, 11) is 4.91. The van der Waals surface area contributed by atoms with Crippen LogP contribution in [0.25, 0.3) is 0 Å². The van der Waals surface area contributed by atoms with Gasteiger partial charge in [0.05, 0.1) is 27.2 Å². The van der Waals surface area contributed by atoms with Crippen LogP contribution in [0.3, 0.4) is 0 Å². The molecule has 2 atom stereocenters. The zero-order valence-electron chi connectivity index (χ0n) is 26.5. The average molecular weight is 596 g/mol. The molecule has 9 heteroatoms. The molecule has 1 aliphatic carbocycles.